The van der Waals surface area contributed by atoms with E-state index in [2.05, 4.69) is 31.0 Å². The van der Waals surface area contributed by atoms with Gasteiger partial charge in [0.15, 0.2) is 5.79 Å². The Morgan fingerprint density at radius 2 is 2.28 bits per heavy atom. The summed E-state index contributed by atoms with van der Waals surface area (Å²) in [6.07, 6.45) is 8.41. The van der Waals surface area contributed by atoms with Crippen molar-refractivity contribution in [1.82, 2.24) is 9.55 Å². The van der Waals surface area contributed by atoms with Crippen LogP contribution < -0.4 is 4.74 Å². The van der Waals surface area contributed by atoms with E-state index < -0.39 is 5.79 Å². The van der Waals surface area contributed by atoms with Gasteiger partial charge < -0.3 is 18.8 Å². The van der Waals surface area contributed by atoms with Gasteiger partial charge >= 0.3 is 0 Å². The molecule has 136 valence electrons. The Kier molecular flexibility index (Phi) is 5.76. The molecule has 2 unspecified atom stereocenters. The van der Waals surface area contributed by atoms with Gasteiger partial charge in [-0.1, -0.05) is 26.0 Å². The summed E-state index contributed by atoms with van der Waals surface area (Å²) in [6.45, 7) is 5.75. The summed E-state index contributed by atoms with van der Waals surface area (Å²) < 4.78 is 20.0. The Morgan fingerprint density at radius 1 is 1.40 bits per heavy atom. The van der Waals surface area contributed by atoms with Crippen LogP contribution in [0.5, 0.6) is 5.75 Å². The summed E-state index contributed by atoms with van der Waals surface area (Å²) in [6, 6.07) is 8.18. The Bertz CT molecular complexity index is 657. The predicted molar refractivity (Wildman–Crippen MR) is 96.6 cm³/mol. The average Bonchev–Trinajstić information content (AvgIpc) is 3.24. The number of aryl methyl sites for hydroxylation is 1. The largest absolute Gasteiger partial charge is 0.497 e. The molecule has 0 bridgehead atoms. The minimum atomic E-state index is -0.594. The maximum atomic E-state index is 6.41. The molecule has 2 atom stereocenters. The van der Waals surface area contributed by atoms with Gasteiger partial charge in [-0.3, -0.25) is 0 Å². The first kappa shape index (κ1) is 18.0. The number of aromatic nitrogens is 2. The summed E-state index contributed by atoms with van der Waals surface area (Å²) in [5.74, 6) is 0.881. The Balaban J connectivity index is 1.70. The van der Waals surface area contributed by atoms with Gasteiger partial charge in [0.1, 0.15) is 5.75 Å². The highest BCUT2D eigenvalue weighted by atomic mass is 16.7. The minimum absolute atomic E-state index is 0.161. The van der Waals surface area contributed by atoms with Crippen LogP contribution in [0.1, 0.15) is 32.3 Å². The van der Waals surface area contributed by atoms with Crippen molar-refractivity contribution in [2.24, 2.45) is 5.92 Å². The van der Waals surface area contributed by atoms with Crippen LogP contribution >= 0.6 is 0 Å². The van der Waals surface area contributed by atoms with E-state index in [-0.39, 0.29) is 6.10 Å². The van der Waals surface area contributed by atoms with Crippen LogP contribution in [0.4, 0.5) is 0 Å². The van der Waals surface area contributed by atoms with Crippen LogP contribution in [0.3, 0.4) is 0 Å². The van der Waals surface area contributed by atoms with Crippen LogP contribution in [0.2, 0.25) is 0 Å². The number of hydrogen-bond acceptors (Lipinski definition) is 4. The second-order valence-corrected chi connectivity index (χ2v) is 7.18. The van der Waals surface area contributed by atoms with Crippen molar-refractivity contribution in [3.63, 3.8) is 0 Å². The molecule has 0 radical (unpaired) electrons. The fourth-order valence-corrected chi connectivity index (χ4v) is 3.37. The normalized spacial score (nSPS) is 23.3. The summed E-state index contributed by atoms with van der Waals surface area (Å²) in [5.41, 5.74) is 1.23. The minimum Gasteiger partial charge on any atom is -0.497 e. The standard InChI is InChI=1S/C20H28N2O3/c1-16(2)11-19-13-24-20(25-19,14-22-10-9-21-15-22)8-7-17-5-4-6-18(12-17)23-3/h4-6,9-10,12,15-16,19H,7-8,11,13-14H2,1-3H3. The molecule has 0 amide bonds. The molecule has 0 saturated carbocycles. The van der Waals surface area contributed by atoms with Gasteiger partial charge in [-0.05, 0) is 36.5 Å². The van der Waals surface area contributed by atoms with Crippen LogP contribution in [0.25, 0.3) is 0 Å². The third-order valence-corrected chi connectivity index (χ3v) is 4.56. The molecule has 0 N–H and O–H groups in total. The quantitative estimate of drug-likeness (QED) is 0.733. The second kappa shape index (κ2) is 8.02. The fraction of sp³-hybridized carbons (Fsp3) is 0.550. The molecule has 1 saturated heterocycles. The summed E-state index contributed by atoms with van der Waals surface area (Å²) in [5, 5.41) is 0. The number of benzene rings is 1. The highest BCUT2D eigenvalue weighted by Crippen LogP contribution is 2.33. The lowest BCUT2D eigenvalue weighted by molar-refractivity contribution is -0.183. The molecule has 5 heteroatoms. The van der Waals surface area contributed by atoms with Crippen molar-refractivity contribution in [3.05, 3.63) is 48.5 Å². The van der Waals surface area contributed by atoms with E-state index in [0.717, 1.165) is 25.0 Å². The molecule has 25 heavy (non-hydrogen) atoms. The fourth-order valence-electron chi connectivity index (χ4n) is 3.37. The van der Waals surface area contributed by atoms with Gasteiger partial charge in [0.2, 0.25) is 0 Å². The van der Waals surface area contributed by atoms with Crippen molar-refractivity contribution in [3.8, 4) is 5.75 Å². The Hall–Kier alpha value is -1.85. The van der Waals surface area contributed by atoms with Crippen molar-refractivity contribution < 1.29 is 14.2 Å². The van der Waals surface area contributed by atoms with E-state index in [4.69, 9.17) is 14.2 Å². The average molecular weight is 344 g/mol. The smallest absolute Gasteiger partial charge is 0.187 e. The predicted octanol–water partition coefficient (Wildman–Crippen LogP) is 3.68. The monoisotopic (exact) mass is 344 g/mol. The van der Waals surface area contributed by atoms with Gasteiger partial charge in [0.25, 0.3) is 0 Å². The maximum Gasteiger partial charge on any atom is 0.187 e. The second-order valence-electron chi connectivity index (χ2n) is 7.18. The van der Waals surface area contributed by atoms with E-state index in [0.29, 0.717) is 19.1 Å². The number of hydrogen-bond donors (Lipinski definition) is 0. The lowest BCUT2D eigenvalue weighted by Crippen LogP contribution is -2.36. The van der Waals surface area contributed by atoms with E-state index >= 15 is 0 Å². The van der Waals surface area contributed by atoms with Crippen molar-refractivity contribution in [1.29, 1.82) is 0 Å². The zero-order valence-corrected chi connectivity index (χ0v) is 15.4. The molecule has 0 spiro atoms. The SMILES string of the molecule is COc1cccc(CCC2(Cn3ccnc3)OCC(CC(C)C)O2)c1. The molecular weight excluding hydrogens is 316 g/mol. The van der Waals surface area contributed by atoms with E-state index in [1.807, 2.05) is 29.2 Å². The maximum absolute atomic E-state index is 6.41. The van der Waals surface area contributed by atoms with Crippen molar-refractivity contribution in [2.75, 3.05) is 13.7 Å². The first-order chi connectivity index (χ1) is 12.1. The molecular formula is C20H28N2O3. The highest BCUT2D eigenvalue weighted by Gasteiger charge is 2.41. The lowest BCUT2D eigenvalue weighted by Gasteiger charge is -2.29. The van der Waals surface area contributed by atoms with Crippen molar-refractivity contribution >= 4 is 0 Å². The third-order valence-electron chi connectivity index (χ3n) is 4.56. The molecule has 1 aromatic heterocycles. The van der Waals surface area contributed by atoms with Crippen LogP contribution in [-0.4, -0.2) is 35.2 Å². The Morgan fingerprint density at radius 3 is 3.00 bits per heavy atom. The van der Waals surface area contributed by atoms with E-state index in [1.165, 1.54) is 5.56 Å². The number of ether oxygens (including phenoxy) is 3. The number of methoxy groups -OCH3 is 1. The van der Waals surface area contributed by atoms with Gasteiger partial charge in [-0.2, -0.15) is 0 Å². The molecule has 5 nitrogen and oxygen atoms in total. The van der Waals surface area contributed by atoms with Gasteiger partial charge in [-0.15, -0.1) is 0 Å². The zero-order valence-electron chi connectivity index (χ0n) is 15.4. The number of rotatable bonds is 8. The molecule has 1 fully saturated rings. The molecule has 2 heterocycles. The summed E-state index contributed by atoms with van der Waals surface area (Å²) in [4.78, 5) is 4.14. The number of imidazole rings is 1. The molecule has 1 aliphatic heterocycles. The first-order valence-electron chi connectivity index (χ1n) is 8.99. The molecule has 0 aliphatic carbocycles. The summed E-state index contributed by atoms with van der Waals surface area (Å²) >= 11 is 0. The number of nitrogens with zero attached hydrogens (tertiary/aromatic N) is 2. The van der Waals surface area contributed by atoms with Crippen LogP contribution in [0.15, 0.2) is 43.0 Å². The van der Waals surface area contributed by atoms with E-state index in [1.54, 1.807) is 13.3 Å². The molecule has 1 aliphatic rings. The third kappa shape index (κ3) is 4.83. The van der Waals surface area contributed by atoms with Crippen LogP contribution in [0, 0.1) is 5.92 Å². The van der Waals surface area contributed by atoms with Crippen LogP contribution in [-0.2, 0) is 22.4 Å². The molecule has 2 aromatic rings. The van der Waals surface area contributed by atoms with Gasteiger partial charge in [0.05, 0.1) is 32.7 Å². The Labute approximate surface area is 149 Å². The van der Waals surface area contributed by atoms with Crippen molar-refractivity contribution in [2.45, 2.75) is 51.5 Å². The van der Waals surface area contributed by atoms with E-state index in [9.17, 15) is 0 Å². The topological polar surface area (TPSA) is 45.5 Å². The molecule has 1 aromatic carbocycles. The first-order valence-corrected chi connectivity index (χ1v) is 8.99. The highest BCUT2D eigenvalue weighted by molar-refractivity contribution is 5.28. The summed E-state index contributed by atoms with van der Waals surface area (Å²) in [7, 11) is 1.69. The zero-order chi connectivity index (χ0) is 17.7. The molecule has 3 rings (SSSR count). The lowest BCUT2D eigenvalue weighted by atomic mass is 10.0. The van der Waals surface area contributed by atoms with Gasteiger partial charge in [-0.25, -0.2) is 4.98 Å². The van der Waals surface area contributed by atoms with Gasteiger partial charge in [0, 0.05) is 18.8 Å².